The Morgan fingerprint density at radius 2 is 1.80 bits per heavy atom. The topological polar surface area (TPSA) is 101 Å². The van der Waals surface area contributed by atoms with E-state index in [1.165, 1.54) is 11.1 Å². The lowest BCUT2D eigenvalue weighted by Gasteiger charge is -2.06. The zero-order chi connectivity index (χ0) is 18.3. The zero-order valence-electron chi connectivity index (χ0n) is 14.2. The van der Waals surface area contributed by atoms with Gasteiger partial charge in [0.15, 0.2) is 0 Å². The minimum Gasteiger partial charge on any atom is -0.508 e. The van der Waals surface area contributed by atoms with Gasteiger partial charge in [0.1, 0.15) is 11.6 Å². The number of rotatable bonds is 0. The van der Waals surface area contributed by atoms with Crippen molar-refractivity contribution in [3.8, 4) is 5.75 Å². The van der Waals surface area contributed by atoms with Crippen molar-refractivity contribution in [2.45, 2.75) is 20.8 Å². The standard InChI is InChI=1S/C17H15N3O.C2H4O2/c1-9-5-11-8-20-15-4-3-12(21)7-14(15)19-17(18)16(20)13(11)6-10(9)2;1-2(3)4/h3-8,21H,1-2H3,(H2,18,19);1H3,(H,3,4). The lowest BCUT2D eigenvalue weighted by atomic mass is 10.1. The first-order chi connectivity index (χ1) is 11.8. The maximum Gasteiger partial charge on any atom is 0.300 e. The van der Waals surface area contributed by atoms with Gasteiger partial charge in [0, 0.05) is 30.0 Å². The Bertz CT molecular complexity index is 1130. The molecule has 0 aliphatic heterocycles. The van der Waals surface area contributed by atoms with Gasteiger partial charge in [-0.3, -0.25) is 4.79 Å². The van der Waals surface area contributed by atoms with Crippen LogP contribution in [0.15, 0.2) is 36.5 Å². The van der Waals surface area contributed by atoms with Gasteiger partial charge in [-0.25, -0.2) is 4.98 Å². The quantitative estimate of drug-likeness (QED) is 0.455. The predicted octanol–water partition coefficient (Wildman–Crippen LogP) is 3.64. The maximum absolute atomic E-state index is 9.62. The van der Waals surface area contributed by atoms with E-state index < -0.39 is 5.97 Å². The number of benzene rings is 2. The average molecular weight is 337 g/mol. The Kier molecular flexibility index (Phi) is 3.96. The third kappa shape index (κ3) is 2.94. The summed E-state index contributed by atoms with van der Waals surface area (Å²) < 4.78 is 2.06. The molecule has 0 aliphatic rings. The molecule has 6 nitrogen and oxygen atoms in total. The van der Waals surface area contributed by atoms with Gasteiger partial charge in [-0.2, -0.15) is 0 Å². The second-order valence-electron chi connectivity index (χ2n) is 6.06. The SMILES string of the molecule is CC(=O)O.Cc1cc2cn3c4ccc(O)cc4nc(N)c3c2cc1C. The third-order valence-electron chi connectivity index (χ3n) is 4.13. The lowest BCUT2D eigenvalue weighted by molar-refractivity contribution is -0.134. The van der Waals surface area contributed by atoms with E-state index in [4.69, 9.17) is 15.6 Å². The fourth-order valence-electron chi connectivity index (χ4n) is 2.92. The van der Waals surface area contributed by atoms with E-state index in [1.54, 1.807) is 12.1 Å². The summed E-state index contributed by atoms with van der Waals surface area (Å²) >= 11 is 0. The number of fused-ring (bicyclic) bond motifs is 5. The van der Waals surface area contributed by atoms with E-state index in [0.717, 1.165) is 28.7 Å². The molecular weight excluding hydrogens is 318 g/mol. The highest BCUT2D eigenvalue weighted by atomic mass is 16.4. The van der Waals surface area contributed by atoms with E-state index in [9.17, 15) is 5.11 Å². The van der Waals surface area contributed by atoms with Crippen molar-refractivity contribution in [3.63, 3.8) is 0 Å². The first-order valence-electron chi connectivity index (χ1n) is 7.77. The Balaban J connectivity index is 0.000000415. The fraction of sp³-hybridized carbons (Fsp3) is 0.158. The van der Waals surface area contributed by atoms with Crippen molar-refractivity contribution in [1.29, 1.82) is 0 Å². The molecule has 0 fully saturated rings. The number of phenolic OH excluding ortho intramolecular Hbond substituents is 1. The first-order valence-corrected chi connectivity index (χ1v) is 7.77. The second-order valence-corrected chi connectivity index (χ2v) is 6.06. The minimum absolute atomic E-state index is 0.192. The second kappa shape index (κ2) is 5.98. The zero-order valence-corrected chi connectivity index (χ0v) is 14.2. The number of aromatic hydroxyl groups is 1. The predicted molar refractivity (Wildman–Crippen MR) is 99.1 cm³/mol. The number of carboxylic acids is 1. The number of nitrogen functional groups attached to an aromatic ring is 1. The van der Waals surface area contributed by atoms with Crippen LogP contribution < -0.4 is 5.73 Å². The molecule has 4 aromatic rings. The molecule has 0 unspecified atom stereocenters. The molecule has 4 rings (SSSR count). The number of nitrogens with two attached hydrogens (primary N) is 1. The highest BCUT2D eigenvalue weighted by Gasteiger charge is 2.12. The Morgan fingerprint density at radius 1 is 1.16 bits per heavy atom. The summed E-state index contributed by atoms with van der Waals surface area (Å²) in [7, 11) is 0. The molecule has 4 N–H and O–H groups in total. The van der Waals surface area contributed by atoms with Crippen LogP contribution in [0.2, 0.25) is 0 Å². The van der Waals surface area contributed by atoms with Crippen LogP contribution in [-0.4, -0.2) is 25.6 Å². The van der Waals surface area contributed by atoms with E-state index in [2.05, 4.69) is 41.6 Å². The lowest BCUT2D eigenvalue weighted by Crippen LogP contribution is -1.97. The summed E-state index contributed by atoms with van der Waals surface area (Å²) in [5.74, 6) is -0.163. The van der Waals surface area contributed by atoms with Crippen LogP contribution in [0.5, 0.6) is 5.75 Å². The van der Waals surface area contributed by atoms with Gasteiger partial charge in [0.2, 0.25) is 0 Å². The molecule has 2 aromatic heterocycles. The summed E-state index contributed by atoms with van der Waals surface area (Å²) in [5.41, 5.74) is 11.2. The van der Waals surface area contributed by atoms with Crippen molar-refractivity contribution in [2.75, 3.05) is 5.73 Å². The highest BCUT2D eigenvalue weighted by molar-refractivity contribution is 6.05. The van der Waals surface area contributed by atoms with Gasteiger partial charge in [-0.1, -0.05) is 0 Å². The molecule has 0 saturated heterocycles. The monoisotopic (exact) mass is 337 g/mol. The van der Waals surface area contributed by atoms with Crippen molar-refractivity contribution < 1.29 is 15.0 Å². The molecular formula is C19H19N3O3. The number of phenols is 1. The largest absolute Gasteiger partial charge is 0.508 e. The number of nitrogens with zero attached hydrogens (tertiary/aromatic N) is 2. The van der Waals surface area contributed by atoms with Crippen LogP contribution in [0.4, 0.5) is 5.82 Å². The van der Waals surface area contributed by atoms with E-state index in [0.29, 0.717) is 11.3 Å². The molecule has 25 heavy (non-hydrogen) atoms. The number of aromatic nitrogens is 2. The average Bonchev–Trinajstić information content (AvgIpc) is 2.86. The minimum atomic E-state index is -0.833. The number of hydrogen-bond acceptors (Lipinski definition) is 4. The molecule has 2 aromatic carbocycles. The summed E-state index contributed by atoms with van der Waals surface area (Å²) in [6.45, 7) is 5.29. The van der Waals surface area contributed by atoms with Gasteiger partial charge in [0.05, 0.1) is 16.6 Å². The summed E-state index contributed by atoms with van der Waals surface area (Å²) in [6.07, 6.45) is 2.08. The number of aliphatic carboxylic acids is 1. The van der Waals surface area contributed by atoms with Crippen molar-refractivity contribution in [2.24, 2.45) is 0 Å². The molecule has 0 spiro atoms. The van der Waals surface area contributed by atoms with Crippen molar-refractivity contribution in [3.05, 3.63) is 47.7 Å². The molecule has 2 heterocycles. The van der Waals surface area contributed by atoms with Gasteiger partial charge in [-0.05, 0) is 49.2 Å². The van der Waals surface area contributed by atoms with Crippen LogP contribution in [0.3, 0.4) is 0 Å². The van der Waals surface area contributed by atoms with E-state index in [-0.39, 0.29) is 5.75 Å². The Hall–Kier alpha value is -3.28. The molecule has 0 amide bonds. The fourth-order valence-corrected chi connectivity index (χ4v) is 2.92. The van der Waals surface area contributed by atoms with Crippen LogP contribution >= 0.6 is 0 Å². The van der Waals surface area contributed by atoms with Crippen LogP contribution in [0, 0.1) is 13.8 Å². The molecule has 0 atom stereocenters. The number of hydrogen-bond donors (Lipinski definition) is 3. The Morgan fingerprint density at radius 3 is 2.48 bits per heavy atom. The molecule has 6 heteroatoms. The first kappa shape index (κ1) is 16.6. The summed E-state index contributed by atoms with van der Waals surface area (Å²) in [4.78, 5) is 13.4. The molecule has 0 bridgehead atoms. The van der Waals surface area contributed by atoms with Crippen LogP contribution in [0.1, 0.15) is 18.1 Å². The molecule has 0 saturated carbocycles. The Labute approximate surface area is 144 Å². The van der Waals surface area contributed by atoms with Gasteiger partial charge in [-0.15, -0.1) is 0 Å². The molecule has 0 radical (unpaired) electrons. The smallest absolute Gasteiger partial charge is 0.300 e. The third-order valence-corrected chi connectivity index (χ3v) is 4.13. The number of carbonyl (C=O) groups is 1. The van der Waals surface area contributed by atoms with Crippen LogP contribution in [0.25, 0.3) is 27.3 Å². The summed E-state index contributed by atoms with van der Waals surface area (Å²) in [6, 6.07) is 9.49. The van der Waals surface area contributed by atoms with Gasteiger partial charge >= 0.3 is 0 Å². The molecule has 0 aliphatic carbocycles. The van der Waals surface area contributed by atoms with Gasteiger partial charge in [0.25, 0.3) is 5.97 Å². The van der Waals surface area contributed by atoms with Gasteiger partial charge < -0.3 is 20.3 Å². The number of anilines is 1. The number of carboxylic acid groups (broad SMARTS) is 1. The summed E-state index contributed by atoms with van der Waals surface area (Å²) in [5, 5.41) is 19.3. The maximum atomic E-state index is 9.62. The van der Waals surface area contributed by atoms with Crippen molar-refractivity contribution in [1.82, 2.24) is 9.38 Å². The van der Waals surface area contributed by atoms with Crippen molar-refractivity contribution >= 4 is 39.1 Å². The highest BCUT2D eigenvalue weighted by Crippen LogP contribution is 2.31. The molecule has 128 valence electrons. The van der Waals surface area contributed by atoms with E-state index >= 15 is 0 Å². The number of aryl methyl sites for hydroxylation is 2. The van der Waals surface area contributed by atoms with E-state index in [1.807, 2.05) is 6.07 Å². The normalized spacial score (nSPS) is 10.8. The van der Waals surface area contributed by atoms with Crippen LogP contribution in [-0.2, 0) is 4.79 Å².